The smallest absolute Gasteiger partial charge is 0.248 e. The van der Waals surface area contributed by atoms with Gasteiger partial charge >= 0.3 is 0 Å². The molecule has 10 nitrogen and oxygen atoms in total. The zero-order chi connectivity index (χ0) is 24.8. The Morgan fingerprint density at radius 2 is 1.97 bits per heavy atom. The van der Waals surface area contributed by atoms with Crippen LogP contribution in [-0.2, 0) is 11.4 Å². The lowest BCUT2D eigenvalue weighted by molar-refractivity contribution is -0.133. The molecule has 0 aliphatic heterocycles. The average molecular weight is 478 g/mol. The lowest BCUT2D eigenvalue weighted by atomic mass is 10.1. The van der Waals surface area contributed by atoms with E-state index >= 15 is 0 Å². The maximum absolute atomic E-state index is 11.6. The first-order chi connectivity index (χ1) is 16.9. The molecule has 4 aromatic rings. The first-order valence-electron chi connectivity index (χ1n) is 11.1. The SMILES string of the molecule is Cc1cc(COc2ccc(Nc3ncnc4cccc(OCCN(C)C(=O)CO)c34)cc2C)no1. The number of ether oxygens (including phenoxy) is 2. The highest BCUT2D eigenvalue weighted by molar-refractivity contribution is 5.95. The van der Waals surface area contributed by atoms with Crippen molar-refractivity contribution >= 4 is 28.3 Å². The van der Waals surface area contributed by atoms with Gasteiger partial charge in [-0.15, -0.1) is 0 Å². The highest BCUT2D eigenvalue weighted by Gasteiger charge is 2.13. The minimum atomic E-state index is -0.532. The van der Waals surface area contributed by atoms with Gasteiger partial charge in [-0.25, -0.2) is 9.97 Å². The molecule has 182 valence electrons. The molecule has 2 aromatic carbocycles. The molecule has 2 N–H and O–H groups in total. The molecule has 0 atom stereocenters. The normalized spacial score (nSPS) is 10.9. The largest absolute Gasteiger partial charge is 0.491 e. The van der Waals surface area contributed by atoms with Gasteiger partial charge in [0.05, 0.1) is 17.4 Å². The molecule has 0 saturated heterocycles. The summed E-state index contributed by atoms with van der Waals surface area (Å²) in [5, 5.41) is 17.0. The van der Waals surface area contributed by atoms with Crippen LogP contribution in [0.1, 0.15) is 17.0 Å². The van der Waals surface area contributed by atoms with Crippen LogP contribution in [-0.4, -0.2) is 57.8 Å². The highest BCUT2D eigenvalue weighted by Crippen LogP contribution is 2.32. The van der Waals surface area contributed by atoms with Gasteiger partial charge in [-0.3, -0.25) is 4.79 Å². The Kier molecular flexibility index (Phi) is 7.41. The van der Waals surface area contributed by atoms with Gasteiger partial charge in [0.15, 0.2) is 0 Å². The lowest BCUT2D eigenvalue weighted by Gasteiger charge is -2.17. The Balaban J connectivity index is 1.49. The van der Waals surface area contributed by atoms with Crippen LogP contribution in [0.4, 0.5) is 11.5 Å². The standard InChI is InChI=1S/C25H27N5O5/c1-16-11-18(7-8-21(16)34-14-19-12-17(2)35-29-19)28-25-24-20(26-15-27-25)5-4-6-22(24)33-10-9-30(3)23(32)13-31/h4-8,11-12,15,31H,9-10,13-14H2,1-3H3,(H,26,27,28). The molecule has 0 unspecified atom stereocenters. The number of anilines is 2. The summed E-state index contributed by atoms with van der Waals surface area (Å²) in [6, 6.07) is 13.2. The van der Waals surface area contributed by atoms with Crippen molar-refractivity contribution in [2.24, 2.45) is 0 Å². The van der Waals surface area contributed by atoms with Crippen LogP contribution in [0.5, 0.6) is 11.5 Å². The molecule has 0 radical (unpaired) electrons. The molecule has 0 saturated carbocycles. The molecule has 0 aliphatic rings. The molecule has 0 aliphatic carbocycles. The Morgan fingerprint density at radius 1 is 1.11 bits per heavy atom. The van der Waals surface area contributed by atoms with Crippen molar-refractivity contribution in [3.05, 3.63) is 65.8 Å². The van der Waals surface area contributed by atoms with Crippen molar-refractivity contribution in [1.29, 1.82) is 0 Å². The Labute approximate surface area is 202 Å². The quantitative estimate of drug-likeness (QED) is 0.354. The summed E-state index contributed by atoms with van der Waals surface area (Å²) in [6.45, 7) is 4.18. The number of rotatable bonds is 10. The summed E-state index contributed by atoms with van der Waals surface area (Å²) in [6.07, 6.45) is 1.49. The zero-order valence-electron chi connectivity index (χ0n) is 19.8. The van der Waals surface area contributed by atoms with Crippen LogP contribution in [0.25, 0.3) is 10.9 Å². The maximum Gasteiger partial charge on any atom is 0.248 e. The number of carbonyl (C=O) groups is 1. The Bertz CT molecular complexity index is 1320. The minimum Gasteiger partial charge on any atom is -0.491 e. The molecule has 0 fully saturated rings. The molecule has 10 heteroatoms. The number of aryl methyl sites for hydroxylation is 2. The van der Waals surface area contributed by atoms with E-state index in [0.29, 0.717) is 24.7 Å². The first kappa shape index (κ1) is 24.0. The van der Waals surface area contributed by atoms with E-state index in [1.54, 1.807) is 7.05 Å². The van der Waals surface area contributed by atoms with Crippen molar-refractivity contribution in [3.8, 4) is 11.5 Å². The highest BCUT2D eigenvalue weighted by atomic mass is 16.5. The third-order valence-corrected chi connectivity index (χ3v) is 5.36. The number of amides is 1. The van der Waals surface area contributed by atoms with Crippen LogP contribution in [0, 0.1) is 13.8 Å². The van der Waals surface area contributed by atoms with Crippen molar-refractivity contribution < 1.29 is 23.9 Å². The molecule has 1 amide bonds. The number of carbonyl (C=O) groups excluding carboxylic acids is 1. The second-order valence-corrected chi connectivity index (χ2v) is 8.02. The number of aromatic nitrogens is 3. The van der Waals surface area contributed by atoms with E-state index in [9.17, 15) is 4.79 Å². The molecular formula is C25H27N5O5. The van der Waals surface area contributed by atoms with Crippen LogP contribution in [0.15, 0.2) is 53.3 Å². The van der Waals surface area contributed by atoms with Crippen LogP contribution < -0.4 is 14.8 Å². The van der Waals surface area contributed by atoms with E-state index in [1.807, 2.05) is 56.3 Å². The fourth-order valence-corrected chi connectivity index (χ4v) is 3.49. The van der Waals surface area contributed by atoms with Crippen molar-refractivity contribution in [3.63, 3.8) is 0 Å². The van der Waals surface area contributed by atoms with Gasteiger partial charge in [-0.2, -0.15) is 0 Å². The van der Waals surface area contributed by atoms with Crippen LogP contribution >= 0.6 is 0 Å². The summed E-state index contributed by atoms with van der Waals surface area (Å²) in [5.41, 5.74) is 3.23. The fraction of sp³-hybridized carbons (Fsp3) is 0.280. The molecule has 0 spiro atoms. The van der Waals surface area contributed by atoms with Crippen molar-refractivity contribution in [2.75, 3.05) is 32.1 Å². The van der Waals surface area contributed by atoms with Gasteiger partial charge in [0, 0.05) is 18.8 Å². The van der Waals surface area contributed by atoms with Crippen LogP contribution in [0.3, 0.4) is 0 Å². The number of fused-ring (bicyclic) bond motifs is 1. The van der Waals surface area contributed by atoms with Gasteiger partial charge < -0.3 is 29.3 Å². The van der Waals surface area contributed by atoms with Gasteiger partial charge in [0.25, 0.3) is 0 Å². The van der Waals surface area contributed by atoms with E-state index in [0.717, 1.165) is 39.4 Å². The van der Waals surface area contributed by atoms with E-state index in [2.05, 4.69) is 20.4 Å². The number of nitrogens with zero attached hydrogens (tertiary/aromatic N) is 4. The third kappa shape index (κ3) is 5.85. The molecular weight excluding hydrogens is 450 g/mol. The summed E-state index contributed by atoms with van der Waals surface area (Å²) in [5.74, 6) is 2.31. The summed E-state index contributed by atoms with van der Waals surface area (Å²) >= 11 is 0. The average Bonchev–Trinajstić information content (AvgIpc) is 3.28. The number of hydrogen-bond donors (Lipinski definition) is 2. The monoisotopic (exact) mass is 477 g/mol. The van der Waals surface area contributed by atoms with E-state index < -0.39 is 6.61 Å². The van der Waals surface area contributed by atoms with Crippen molar-refractivity contribution in [2.45, 2.75) is 20.5 Å². The maximum atomic E-state index is 11.6. The minimum absolute atomic E-state index is 0.256. The van der Waals surface area contributed by atoms with E-state index in [4.69, 9.17) is 19.1 Å². The summed E-state index contributed by atoms with van der Waals surface area (Å²) in [4.78, 5) is 21.8. The number of hydrogen-bond acceptors (Lipinski definition) is 9. The third-order valence-electron chi connectivity index (χ3n) is 5.36. The molecule has 2 heterocycles. The van der Waals surface area contributed by atoms with E-state index in [1.165, 1.54) is 11.2 Å². The predicted molar refractivity (Wildman–Crippen MR) is 130 cm³/mol. The number of aliphatic hydroxyl groups is 1. The Morgan fingerprint density at radius 3 is 2.71 bits per heavy atom. The zero-order valence-corrected chi connectivity index (χ0v) is 19.8. The number of aliphatic hydroxyl groups excluding tert-OH is 1. The summed E-state index contributed by atoms with van der Waals surface area (Å²) in [7, 11) is 1.61. The van der Waals surface area contributed by atoms with Gasteiger partial charge in [-0.1, -0.05) is 11.2 Å². The van der Waals surface area contributed by atoms with Crippen LogP contribution in [0.2, 0.25) is 0 Å². The first-order valence-corrected chi connectivity index (χ1v) is 11.1. The van der Waals surface area contributed by atoms with Gasteiger partial charge in [0.2, 0.25) is 5.91 Å². The topological polar surface area (TPSA) is 123 Å². The fourth-order valence-electron chi connectivity index (χ4n) is 3.49. The Hall–Kier alpha value is -4.18. The predicted octanol–water partition coefficient (Wildman–Crippen LogP) is 3.39. The van der Waals surface area contributed by atoms with E-state index in [-0.39, 0.29) is 12.5 Å². The van der Waals surface area contributed by atoms with Gasteiger partial charge in [-0.05, 0) is 49.7 Å². The van der Waals surface area contributed by atoms with Gasteiger partial charge in [0.1, 0.15) is 54.9 Å². The molecule has 4 rings (SSSR count). The second-order valence-electron chi connectivity index (χ2n) is 8.02. The number of likely N-dealkylation sites (N-methyl/N-ethyl adjacent to an activating group) is 1. The molecule has 2 aromatic heterocycles. The lowest BCUT2D eigenvalue weighted by Crippen LogP contribution is -2.32. The molecule has 35 heavy (non-hydrogen) atoms. The summed E-state index contributed by atoms with van der Waals surface area (Å²) < 4.78 is 16.9. The number of nitrogens with one attached hydrogen (secondary N) is 1. The second kappa shape index (κ2) is 10.8. The van der Waals surface area contributed by atoms with Crippen molar-refractivity contribution in [1.82, 2.24) is 20.0 Å². The number of benzene rings is 2. The molecule has 0 bridgehead atoms.